The maximum absolute atomic E-state index is 10.6. The van der Waals surface area contributed by atoms with Gasteiger partial charge in [-0.3, -0.25) is 0 Å². The predicted octanol–water partition coefficient (Wildman–Crippen LogP) is -7.57. The summed E-state index contributed by atoms with van der Waals surface area (Å²) >= 11 is 0. The first-order valence-corrected chi connectivity index (χ1v) is 10.6. The first-order chi connectivity index (χ1) is 16.0. The Hall–Kier alpha value is -0.640. The van der Waals surface area contributed by atoms with Gasteiger partial charge in [-0.2, -0.15) is 0 Å². The van der Waals surface area contributed by atoms with E-state index in [0.717, 1.165) is 0 Å². The van der Waals surface area contributed by atoms with Gasteiger partial charge in [0, 0.05) is 0 Å². The average Bonchev–Trinajstić information content (AvgIpc) is 3.10. The van der Waals surface area contributed by atoms with Crippen LogP contribution < -0.4 is 0 Å². The van der Waals surface area contributed by atoms with Crippen molar-refractivity contribution in [2.75, 3.05) is 26.4 Å². The molecule has 11 N–H and O–H groups in total. The van der Waals surface area contributed by atoms with E-state index in [0.29, 0.717) is 0 Å². The van der Waals surface area contributed by atoms with Crippen LogP contribution >= 0.6 is 0 Å². The molecule has 0 aromatic carbocycles. The van der Waals surface area contributed by atoms with E-state index in [1.807, 2.05) is 0 Å². The zero-order valence-corrected chi connectivity index (χ0v) is 17.8. The third kappa shape index (κ3) is 4.96. The molecule has 0 radical (unpaired) electrons. The molecule has 34 heavy (non-hydrogen) atoms. The fraction of sp³-hybridized carbons (Fsp3) is 1.00. The highest BCUT2D eigenvalue weighted by molar-refractivity contribution is 5.01. The molecule has 0 amide bonds. The Labute approximate surface area is 192 Å². The average molecular weight is 504 g/mol. The number of hydrogen-bond acceptors (Lipinski definition) is 16. The highest BCUT2D eigenvalue weighted by Gasteiger charge is 2.61. The monoisotopic (exact) mass is 504 g/mol. The molecule has 0 aromatic heterocycles. The lowest BCUT2D eigenvalue weighted by atomic mass is 9.98. The Kier molecular flexibility index (Phi) is 9.18. The van der Waals surface area contributed by atoms with E-state index in [-0.39, 0.29) is 0 Å². The minimum atomic E-state index is -2.43. The van der Waals surface area contributed by atoms with Crippen LogP contribution in [0.3, 0.4) is 0 Å². The Morgan fingerprint density at radius 2 is 1.03 bits per heavy atom. The fourth-order valence-corrected chi connectivity index (χ4v) is 4.12. The highest BCUT2D eigenvalue weighted by Crippen LogP contribution is 2.39. The lowest BCUT2D eigenvalue weighted by Crippen LogP contribution is -2.64. The molecule has 0 aliphatic carbocycles. The summed E-state index contributed by atoms with van der Waals surface area (Å²) < 4.78 is 27.0. The second-order valence-corrected chi connectivity index (χ2v) is 8.37. The number of ether oxygens (including phenoxy) is 5. The van der Waals surface area contributed by atoms with Gasteiger partial charge in [0.1, 0.15) is 73.8 Å². The van der Waals surface area contributed by atoms with Gasteiger partial charge in [-0.05, 0) is 0 Å². The van der Waals surface area contributed by atoms with Gasteiger partial charge >= 0.3 is 0 Å². The number of aliphatic hydroxyl groups is 11. The standard InChI is InChI=1S/C18H32O16/c19-1-5-8(23)11(26)13(28)16(30-5)32-15-10(25)7(3-21)33-18(15,4-22)34-17-14(29)12(27)9(24)6(2-20)31-17/h5-17,19-29H,1-4H2/t5?,6-,7?,8?,9-,10?,11?,12+,13?,14-,15?,16?,17-,18?/m1/s1. The van der Waals surface area contributed by atoms with Crippen molar-refractivity contribution in [3.8, 4) is 0 Å². The van der Waals surface area contributed by atoms with Crippen LogP contribution in [0, 0.1) is 0 Å². The summed E-state index contributed by atoms with van der Waals surface area (Å²) in [5, 5.41) is 109. The molecule has 3 aliphatic heterocycles. The molecule has 200 valence electrons. The lowest BCUT2D eigenvalue weighted by molar-refractivity contribution is -0.400. The van der Waals surface area contributed by atoms with Crippen LogP contribution in [0.1, 0.15) is 0 Å². The zero-order chi connectivity index (χ0) is 25.4. The third-order valence-electron chi connectivity index (χ3n) is 6.17. The highest BCUT2D eigenvalue weighted by atomic mass is 16.8. The quantitative estimate of drug-likeness (QED) is 0.146. The molecule has 0 spiro atoms. The molecule has 0 bridgehead atoms. The van der Waals surface area contributed by atoms with Crippen molar-refractivity contribution in [2.45, 2.75) is 85.5 Å². The summed E-state index contributed by atoms with van der Waals surface area (Å²) in [6.07, 6.45) is -22.3. The molecule has 3 aliphatic rings. The molecular weight excluding hydrogens is 472 g/mol. The molecule has 3 heterocycles. The first kappa shape index (κ1) is 27.9. The second kappa shape index (κ2) is 11.2. The number of rotatable bonds is 8. The van der Waals surface area contributed by atoms with E-state index in [1.165, 1.54) is 0 Å². The molecule has 16 nitrogen and oxygen atoms in total. The van der Waals surface area contributed by atoms with Crippen molar-refractivity contribution in [3.05, 3.63) is 0 Å². The van der Waals surface area contributed by atoms with Crippen molar-refractivity contribution in [1.82, 2.24) is 0 Å². The Bertz CT molecular complexity index is 651. The van der Waals surface area contributed by atoms with Gasteiger partial charge in [-0.1, -0.05) is 0 Å². The minimum Gasteiger partial charge on any atom is -0.394 e. The number of hydrogen-bond donors (Lipinski definition) is 11. The van der Waals surface area contributed by atoms with Crippen LogP contribution in [0.5, 0.6) is 0 Å². The molecule has 9 unspecified atom stereocenters. The molecule has 3 saturated heterocycles. The lowest BCUT2D eigenvalue weighted by Gasteiger charge is -2.45. The van der Waals surface area contributed by atoms with Crippen LogP contribution in [0.4, 0.5) is 0 Å². The largest absolute Gasteiger partial charge is 0.394 e. The van der Waals surface area contributed by atoms with Crippen LogP contribution in [0.15, 0.2) is 0 Å². The molecule has 3 rings (SSSR count). The van der Waals surface area contributed by atoms with Crippen molar-refractivity contribution in [2.24, 2.45) is 0 Å². The Balaban J connectivity index is 1.87. The van der Waals surface area contributed by atoms with E-state index in [2.05, 4.69) is 0 Å². The summed E-state index contributed by atoms with van der Waals surface area (Å²) in [6.45, 7) is -3.49. The molecule has 0 saturated carbocycles. The zero-order valence-electron chi connectivity index (χ0n) is 17.8. The molecule has 3 fully saturated rings. The Morgan fingerprint density at radius 3 is 1.50 bits per heavy atom. The fourth-order valence-electron chi connectivity index (χ4n) is 4.12. The first-order valence-electron chi connectivity index (χ1n) is 10.6. The second-order valence-electron chi connectivity index (χ2n) is 8.37. The van der Waals surface area contributed by atoms with E-state index in [9.17, 15) is 56.2 Å². The van der Waals surface area contributed by atoms with Crippen LogP contribution in [-0.4, -0.2) is 168 Å². The van der Waals surface area contributed by atoms with Crippen molar-refractivity contribution in [3.63, 3.8) is 0 Å². The minimum absolute atomic E-state index is 0.777. The molecule has 14 atom stereocenters. The normalized spacial score (nSPS) is 52.1. The van der Waals surface area contributed by atoms with Crippen LogP contribution in [-0.2, 0) is 23.7 Å². The van der Waals surface area contributed by atoms with Crippen molar-refractivity contribution < 1.29 is 79.9 Å². The summed E-state index contributed by atoms with van der Waals surface area (Å²) in [5.74, 6) is -2.43. The summed E-state index contributed by atoms with van der Waals surface area (Å²) in [4.78, 5) is 0. The van der Waals surface area contributed by atoms with Crippen LogP contribution in [0.25, 0.3) is 0 Å². The van der Waals surface area contributed by atoms with E-state index in [1.54, 1.807) is 0 Å². The summed E-state index contributed by atoms with van der Waals surface area (Å²) in [6, 6.07) is 0. The smallest absolute Gasteiger partial charge is 0.224 e. The van der Waals surface area contributed by atoms with E-state index < -0.39 is 112 Å². The van der Waals surface area contributed by atoms with Crippen molar-refractivity contribution >= 4 is 0 Å². The van der Waals surface area contributed by atoms with E-state index >= 15 is 0 Å². The van der Waals surface area contributed by atoms with Gasteiger partial charge in [0.05, 0.1) is 19.8 Å². The van der Waals surface area contributed by atoms with E-state index in [4.69, 9.17) is 23.7 Å². The van der Waals surface area contributed by atoms with Gasteiger partial charge in [0.25, 0.3) is 0 Å². The molecule has 0 aromatic rings. The van der Waals surface area contributed by atoms with Gasteiger partial charge in [0.2, 0.25) is 5.79 Å². The van der Waals surface area contributed by atoms with Crippen molar-refractivity contribution in [1.29, 1.82) is 0 Å². The maximum atomic E-state index is 10.6. The summed E-state index contributed by atoms with van der Waals surface area (Å²) in [5.41, 5.74) is 0. The summed E-state index contributed by atoms with van der Waals surface area (Å²) in [7, 11) is 0. The maximum Gasteiger partial charge on any atom is 0.224 e. The third-order valence-corrected chi connectivity index (χ3v) is 6.17. The van der Waals surface area contributed by atoms with Gasteiger partial charge in [0.15, 0.2) is 12.6 Å². The molecule has 16 heteroatoms. The predicted molar refractivity (Wildman–Crippen MR) is 101 cm³/mol. The van der Waals surface area contributed by atoms with Gasteiger partial charge < -0.3 is 79.9 Å². The topological polar surface area (TPSA) is 269 Å². The Morgan fingerprint density at radius 1 is 0.559 bits per heavy atom. The SMILES string of the molecule is OCC1OC(OC2C(O)C(CO)OC2(CO)O[C@H]2O[C@H](CO)[C@@H](O)[C@H](O)[C@H]2O)C(O)C(O)C1O. The van der Waals surface area contributed by atoms with Gasteiger partial charge in [-0.25, -0.2) is 0 Å². The van der Waals surface area contributed by atoms with Crippen LogP contribution in [0.2, 0.25) is 0 Å². The van der Waals surface area contributed by atoms with Gasteiger partial charge in [-0.15, -0.1) is 0 Å². The molecular formula is C18H32O16. The number of aliphatic hydroxyl groups excluding tert-OH is 11.